The lowest BCUT2D eigenvalue weighted by Gasteiger charge is -2.18. The van der Waals surface area contributed by atoms with Crippen molar-refractivity contribution in [3.8, 4) is 0 Å². The molecule has 180 valence electrons. The van der Waals surface area contributed by atoms with Gasteiger partial charge in [-0.25, -0.2) is 13.4 Å². The number of nitrogens with one attached hydrogen (secondary N) is 2. The van der Waals surface area contributed by atoms with E-state index in [1.165, 1.54) is 10.4 Å². The van der Waals surface area contributed by atoms with Crippen LogP contribution in [-0.2, 0) is 23.1 Å². The molecule has 1 amide bonds. The molecule has 0 atom stereocenters. The quantitative estimate of drug-likeness (QED) is 0.489. The second-order valence-corrected chi connectivity index (χ2v) is 10.6. The molecule has 2 heterocycles. The maximum atomic E-state index is 13.3. The molecule has 0 saturated carbocycles. The normalized spacial score (nSPS) is 14.3. The number of benzene rings is 2. The summed E-state index contributed by atoms with van der Waals surface area (Å²) in [6.07, 6.45) is 6.90. The van der Waals surface area contributed by atoms with Crippen molar-refractivity contribution < 1.29 is 13.2 Å². The van der Waals surface area contributed by atoms with E-state index in [0.717, 1.165) is 29.5 Å². The molecule has 1 aliphatic heterocycles. The average molecular weight is 482 g/mol. The van der Waals surface area contributed by atoms with Gasteiger partial charge in [0.25, 0.3) is 5.91 Å². The molecule has 34 heavy (non-hydrogen) atoms. The van der Waals surface area contributed by atoms with Crippen molar-refractivity contribution >= 4 is 21.6 Å². The van der Waals surface area contributed by atoms with E-state index in [4.69, 9.17) is 0 Å². The number of sulfonamides is 1. The van der Waals surface area contributed by atoms with Crippen LogP contribution in [0.2, 0.25) is 0 Å². The van der Waals surface area contributed by atoms with Crippen LogP contribution in [0.3, 0.4) is 0 Å². The molecule has 0 unspecified atom stereocenters. The summed E-state index contributed by atoms with van der Waals surface area (Å²) < 4.78 is 29.9. The number of imidazole rings is 1. The summed E-state index contributed by atoms with van der Waals surface area (Å²) in [4.78, 5) is 17.1. The number of carbonyl (C=O) groups excluding carboxylic acids is 1. The van der Waals surface area contributed by atoms with Crippen molar-refractivity contribution in [3.05, 3.63) is 77.4 Å². The van der Waals surface area contributed by atoms with Crippen LogP contribution in [0.5, 0.6) is 0 Å². The van der Waals surface area contributed by atoms with Gasteiger partial charge >= 0.3 is 0 Å². The second-order valence-electron chi connectivity index (χ2n) is 8.70. The van der Waals surface area contributed by atoms with E-state index in [1.807, 2.05) is 24.6 Å². The third kappa shape index (κ3) is 5.66. The number of aromatic nitrogens is 2. The van der Waals surface area contributed by atoms with Crippen molar-refractivity contribution in [3.63, 3.8) is 0 Å². The van der Waals surface area contributed by atoms with E-state index in [2.05, 4.69) is 33.8 Å². The summed E-state index contributed by atoms with van der Waals surface area (Å²) in [7, 11) is -3.67. The van der Waals surface area contributed by atoms with Gasteiger partial charge in [0.1, 0.15) is 0 Å². The smallest absolute Gasteiger partial charge is 0.251 e. The third-order valence-corrected chi connectivity index (χ3v) is 7.95. The van der Waals surface area contributed by atoms with Gasteiger partial charge in [-0.05, 0) is 56.0 Å². The van der Waals surface area contributed by atoms with Gasteiger partial charge in [0.05, 0.1) is 11.2 Å². The minimum absolute atomic E-state index is 0.139. The molecule has 0 bridgehead atoms. The first-order valence-electron chi connectivity index (χ1n) is 11.5. The summed E-state index contributed by atoms with van der Waals surface area (Å²) in [5, 5.41) is 6.21. The first-order chi connectivity index (χ1) is 16.3. The maximum absolute atomic E-state index is 13.3. The summed E-state index contributed by atoms with van der Waals surface area (Å²) in [5.41, 5.74) is 4.34. The van der Waals surface area contributed by atoms with E-state index in [-0.39, 0.29) is 10.8 Å². The SMILES string of the molecule is Cc1ccc(C)c(CNc2cc(C(=O)NCCn3ccnc3)cc(S(=O)(=O)N3CCCC3)c2)c1. The van der Waals surface area contributed by atoms with Crippen molar-refractivity contribution in [2.24, 2.45) is 0 Å². The fourth-order valence-corrected chi connectivity index (χ4v) is 5.66. The topological polar surface area (TPSA) is 96.3 Å². The molecular formula is C25H31N5O3S. The van der Waals surface area contributed by atoms with Gasteiger partial charge in [0.15, 0.2) is 0 Å². The van der Waals surface area contributed by atoms with Gasteiger partial charge in [0, 0.05) is 56.4 Å². The van der Waals surface area contributed by atoms with Crippen LogP contribution < -0.4 is 10.6 Å². The monoisotopic (exact) mass is 481 g/mol. The number of nitrogens with zero attached hydrogens (tertiary/aromatic N) is 3. The molecule has 9 heteroatoms. The molecule has 8 nitrogen and oxygen atoms in total. The average Bonchev–Trinajstić information content (AvgIpc) is 3.54. The highest BCUT2D eigenvalue weighted by atomic mass is 32.2. The zero-order chi connectivity index (χ0) is 24.1. The first-order valence-corrected chi connectivity index (χ1v) is 13.0. The Hall–Kier alpha value is -3.17. The Bertz CT molecular complexity index is 1250. The molecular weight excluding hydrogens is 450 g/mol. The Labute approximate surface area is 201 Å². The highest BCUT2D eigenvalue weighted by Gasteiger charge is 2.28. The predicted molar refractivity (Wildman–Crippen MR) is 132 cm³/mol. The van der Waals surface area contributed by atoms with E-state index in [0.29, 0.717) is 44.0 Å². The molecule has 0 aliphatic carbocycles. The Morgan fingerprint density at radius 3 is 2.62 bits per heavy atom. The lowest BCUT2D eigenvalue weighted by Crippen LogP contribution is -2.29. The van der Waals surface area contributed by atoms with Crippen LogP contribution >= 0.6 is 0 Å². The van der Waals surface area contributed by atoms with Crippen molar-refractivity contribution in [2.75, 3.05) is 25.0 Å². The summed E-state index contributed by atoms with van der Waals surface area (Å²) in [6.45, 7) is 6.62. The van der Waals surface area contributed by atoms with Gasteiger partial charge in [-0.15, -0.1) is 0 Å². The van der Waals surface area contributed by atoms with Crippen molar-refractivity contribution in [1.82, 2.24) is 19.2 Å². The molecule has 0 spiro atoms. The van der Waals surface area contributed by atoms with Crippen molar-refractivity contribution in [1.29, 1.82) is 0 Å². The molecule has 4 rings (SSSR count). The lowest BCUT2D eigenvalue weighted by atomic mass is 10.1. The molecule has 3 aromatic rings. The highest BCUT2D eigenvalue weighted by Crippen LogP contribution is 2.26. The standard InChI is InChI=1S/C25H31N5O3S/c1-19-5-6-20(2)22(13-19)17-28-23-14-21(25(31)27-8-12-29-11-7-26-18-29)15-24(16-23)34(32,33)30-9-3-4-10-30/h5-7,11,13-16,18,28H,3-4,8-10,12,17H2,1-2H3,(H,27,31). The summed E-state index contributed by atoms with van der Waals surface area (Å²) >= 11 is 0. The number of anilines is 1. The van der Waals surface area contributed by atoms with Gasteiger partial charge in [-0.2, -0.15) is 4.31 Å². The van der Waals surface area contributed by atoms with Crippen molar-refractivity contribution in [2.45, 2.75) is 44.7 Å². The van der Waals surface area contributed by atoms with Crippen LogP contribution in [0.1, 0.15) is 39.9 Å². The third-order valence-electron chi connectivity index (χ3n) is 6.07. The van der Waals surface area contributed by atoms with E-state index in [9.17, 15) is 13.2 Å². The lowest BCUT2D eigenvalue weighted by molar-refractivity contribution is 0.0952. The number of hydrogen-bond acceptors (Lipinski definition) is 5. The van der Waals surface area contributed by atoms with Crippen LogP contribution in [0.15, 0.2) is 60.0 Å². The predicted octanol–water partition coefficient (Wildman–Crippen LogP) is 3.33. The first kappa shape index (κ1) is 24.0. The largest absolute Gasteiger partial charge is 0.381 e. The van der Waals surface area contributed by atoms with Gasteiger partial charge in [-0.3, -0.25) is 4.79 Å². The van der Waals surface area contributed by atoms with Gasteiger partial charge in [0.2, 0.25) is 10.0 Å². The Balaban J connectivity index is 1.57. The number of rotatable bonds is 9. The minimum atomic E-state index is -3.67. The summed E-state index contributed by atoms with van der Waals surface area (Å²) in [6, 6.07) is 11.1. The molecule has 2 aromatic carbocycles. The Morgan fingerprint density at radius 2 is 1.88 bits per heavy atom. The van der Waals surface area contributed by atoms with Crippen LogP contribution in [0.25, 0.3) is 0 Å². The molecule has 1 aromatic heterocycles. The number of carbonyl (C=O) groups is 1. The molecule has 1 fully saturated rings. The van der Waals surface area contributed by atoms with E-state index < -0.39 is 10.0 Å². The van der Waals surface area contributed by atoms with Gasteiger partial charge in [-0.1, -0.05) is 23.8 Å². The maximum Gasteiger partial charge on any atom is 0.251 e. The zero-order valence-electron chi connectivity index (χ0n) is 19.6. The molecule has 1 aliphatic rings. The zero-order valence-corrected chi connectivity index (χ0v) is 20.4. The molecule has 1 saturated heterocycles. The number of amides is 1. The second kappa shape index (κ2) is 10.4. The van der Waals surface area contributed by atoms with Gasteiger partial charge < -0.3 is 15.2 Å². The fraction of sp³-hybridized carbons (Fsp3) is 0.360. The fourth-order valence-electron chi connectivity index (χ4n) is 4.07. The minimum Gasteiger partial charge on any atom is -0.381 e. The molecule has 2 N–H and O–H groups in total. The van der Waals surface area contributed by atoms with Crippen LogP contribution in [-0.4, -0.2) is 47.8 Å². The highest BCUT2D eigenvalue weighted by molar-refractivity contribution is 7.89. The van der Waals surface area contributed by atoms with E-state index >= 15 is 0 Å². The number of hydrogen-bond donors (Lipinski definition) is 2. The van der Waals surface area contributed by atoms with E-state index in [1.54, 1.807) is 24.7 Å². The Morgan fingerprint density at radius 1 is 1.09 bits per heavy atom. The Kier molecular flexibility index (Phi) is 7.33. The number of aryl methyl sites for hydroxylation is 2. The molecule has 0 radical (unpaired) electrons. The van der Waals surface area contributed by atoms with Crippen LogP contribution in [0.4, 0.5) is 5.69 Å². The summed E-state index contributed by atoms with van der Waals surface area (Å²) in [5.74, 6) is -0.312. The van der Waals surface area contributed by atoms with Crippen LogP contribution in [0, 0.1) is 13.8 Å².